The second-order valence-corrected chi connectivity index (χ2v) is 11.4. The largest absolute Gasteiger partial charge is 0.358 e. The highest BCUT2D eigenvalue weighted by atomic mass is 16.2. The minimum atomic E-state index is -0.172. The molecule has 7 rings (SSSR count). The highest BCUT2D eigenvalue weighted by Crippen LogP contribution is 2.37. The van der Waals surface area contributed by atoms with Crippen LogP contribution in [0.15, 0.2) is 72.8 Å². The quantitative estimate of drug-likeness (QED) is 0.161. The molecule has 9 heteroatoms. The van der Waals surface area contributed by atoms with Gasteiger partial charge in [-0.1, -0.05) is 48.5 Å². The number of aromatic amines is 2. The normalized spacial score (nSPS) is 15.4. The number of nitrogens with one attached hydrogen (secondary N) is 4. The molecule has 5 aromatic rings. The molecular weight excluding hydrogens is 550 g/mol. The fourth-order valence-electron chi connectivity index (χ4n) is 6.08. The Labute approximate surface area is 255 Å². The molecule has 2 amide bonds. The number of amides is 2. The molecule has 44 heavy (non-hydrogen) atoms. The predicted octanol–water partition coefficient (Wildman–Crippen LogP) is 6.95. The van der Waals surface area contributed by atoms with Crippen molar-refractivity contribution in [3.05, 3.63) is 101 Å². The molecule has 0 spiro atoms. The molecule has 220 valence electrons. The van der Waals surface area contributed by atoms with Gasteiger partial charge in [0.2, 0.25) is 0 Å². The fourth-order valence-corrected chi connectivity index (χ4v) is 6.08. The van der Waals surface area contributed by atoms with Crippen molar-refractivity contribution in [3.63, 3.8) is 0 Å². The Hall–Kier alpha value is -5.44. The molecule has 4 N–H and O–H groups in total. The molecule has 1 fully saturated rings. The van der Waals surface area contributed by atoms with Crippen LogP contribution in [0.25, 0.3) is 34.4 Å². The fraction of sp³-hybridized carbons (Fsp3) is 0.200. The van der Waals surface area contributed by atoms with Crippen LogP contribution in [0, 0.1) is 13.8 Å². The molecule has 0 radical (unpaired) electrons. The maximum atomic E-state index is 13.3. The molecule has 0 saturated carbocycles. The number of H-pyrrole nitrogens is 2. The number of anilines is 3. The van der Waals surface area contributed by atoms with Gasteiger partial charge in [-0.3, -0.25) is 9.59 Å². The van der Waals surface area contributed by atoms with E-state index in [2.05, 4.69) is 30.8 Å². The summed E-state index contributed by atoms with van der Waals surface area (Å²) in [6, 6.07) is 23.7. The van der Waals surface area contributed by atoms with Crippen LogP contribution in [0.5, 0.6) is 0 Å². The van der Waals surface area contributed by atoms with E-state index in [0.29, 0.717) is 22.8 Å². The molecule has 0 aliphatic carbocycles. The van der Waals surface area contributed by atoms with E-state index in [1.807, 2.05) is 97.6 Å². The summed E-state index contributed by atoms with van der Waals surface area (Å²) in [4.78, 5) is 35.0. The lowest BCUT2D eigenvalue weighted by molar-refractivity contribution is -0.110. The van der Waals surface area contributed by atoms with Crippen molar-refractivity contribution < 1.29 is 9.59 Å². The maximum Gasteiger partial charge on any atom is 0.256 e. The first-order valence-electron chi connectivity index (χ1n) is 15.0. The van der Waals surface area contributed by atoms with Crippen LogP contribution >= 0.6 is 0 Å². The lowest BCUT2D eigenvalue weighted by Gasteiger charge is -2.27. The van der Waals surface area contributed by atoms with Gasteiger partial charge in [-0.05, 0) is 69.0 Å². The van der Waals surface area contributed by atoms with Gasteiger partial charge >= 0.3 is 0 Å². The van der Waals surface area contributed by atoms with Crippen LogP contribution in [0.3, 0.4) is 0 Å². The number of likely N-dealkylation sites (tertiary alicyclic amines) is 1. The predicted molar refractivity (Wildman–Crippen MR) is 174 cm³/mol. The van der Waals surface area contributed by atoms with Crippen molar-refractivity contribution in [1.82, 2.24) is 25.1 Å². The molecular formula is C35H33N7O2. The number of hydrogen-bond acceptors (Lipinski definition) is 5. The average Bonchev–Trinajstić information content (AvgIpc) is 3.74. The summed E-state index contributed by atoms with van der Waals surface area (Å²) in [5.41, 5.74) is 8.89. The minimum absolute atomic E-state index is 0.0663. The van der Waals surface area contributed by atoms with Gasteiger partial charge in [0.1, 0.15) is 0 Å². The Morgan fingerprint density at radius 1 is 0.841 bits per heavy atom. The molecule has 0 unspecified atom stereocenters. The number of aromatic nitrogens is 4. The third-order valence-electron chi connectivity index (χ3n) is 8.38. The first-order valence-corrected chi connectivity index (χ1v) is 15.0. The summed E-state index contributed by atoms with van der Waals surface area (Å²) >= 11 is 0. The number of benzene rings is 3. The van der Waals surface area contributed by atoms with E-state index in [1.54, 1.807) is 0 Å². The zero-order valence-corrected chi connectivity index (χ0v) is 24.7. The van der Waals surface area contributed by atoms with Crippen molar-refractivity contribution in [2.45, 2.75) is 33.1 Å². The van der Waals surface area contributed by atoms with Gasteiger partial charge in [0.25, 0.3) is 11.8 Å². The van der Waals surface area contributed by atoms with Crippen molar-refractivity contribution in [1.29, 1.82) is 0 Å². The number of carbonyl (C=O) groups is 2. The van der Waals surface area contributed by atoms with E-state index >= 15 is 0 Å². The number of aryl methyl sites for hydroxylation is 1. The molecule has 4 heterocycles. The molecule has 0 atom stereocenters. The van der Waals surface area contributed by atoms with Gasteiger partial charge in [-0.25, -0.2) is 0 Å². The summed E-state index contributed by atoms with van der Waals surface area (Å²) in [5.74, 6) is 1.29. The Morgan fingerprint density at radius 3 is 2.36 bits per heavy atom. The van der Waals surface area contributed by atoms with Crippen molar-refractivity contribution in [2.24, 2.45) is 0 Å². The zero-order chi connectivity index (χ0) is 30.2. The summed E-state index contributed by atoms with van der Waals surface area (Å²) in [6.45, 7) is 5.46. The van der Waals surface area contributed by atoms with E-state index in [9.17, 15) is 9.59 Å². The van der Waals surface area contributed by atoms with E-state index in [1.165, 1.54) is 6.42 Å². The second-order valence-electron chi connectivity index (χ2n) is 11.4. The van der Waals surface area contributed by atoms with E-state index < -0.39 is 0 Å². The van der Waals surface area contributed by atoms with Crippen molar-refractivity contribution in [3.8, 4) is 22.8 Å². The zero-order valence-electron chi connectivity index (χ0n) is 24.7. The SMILES string of the molecule is Cc1[nH]c(/C=C2\C(=O)Nc3cc(Nc4cccc(-c5nnc(-c6ccccc6)[nH]5)c4)ccc32)c(C)c1C(=O)N1CCCCC1. The number of rotatable bonds is 6. The number of carbonyl (C=O) groups excluding carboxylic acids is 2. The molecule has 0 bridgehead atoms. The van der Waals surface area contributed by atoms with Crippen LogP contribution in [-0.4, -0.2) is 50.0 Å². The smallest absolute Gasteiger partial charge is 0.256 e. The summed E-state index contributed by atoms with van der Waals surface area (Å²) in [5, 5.41) is 15.1. The van der Waals surface area contributed by atoms with Crippen LogP contribution in [0.4, 0.5) is 17.1 Å². The Morgan fingerprint density at radius 2 is 1.57 bits per heavy atom. The first-order chi connectivity index (χ1) is 21.4. The van der Waals surface area contributed by atoms with E-state index in [4.69, 9.17) is 0 Å². The van der Waals surface area contributed by atoms with Crippen LogP contribution in [-0.2, 0) is 4.79 Å². The Kier molecular flexibility index (Phi) is 7.06. The van der Waals surface area contributed by atoms with Gasteiger partial charge < -0.3 is 25.5 Å². The third kappa shape index (κ3) is 5.17. The molecule has 1 saturated heterocycles. The van der Waals surface area contributed by atoms with Crippen LogP contribution in [0.2, 0.25) is 0 Å². The number of piperidine rings is 1. The standard InChI is InChI=1S/C35H33N7O2/c1-21-29(36-22(2)31(21)35(44)42-16-7-4-8-17-42)20-28-27-15-14-26(19-30(27)38-34(28)43)37-25-13-9-12-24(18-25)33-39-32(40-41-33)23-10-5-3-6-11-23/h3,5-6,9-15,18-20,36-37H,4,7-8,16-17H2,1-2H3,(H,38,43)(H,39,40,41)/b28-20-. The third-order valence-corrected chi connectivity index (χ3v) is 8.38. The molecule has 2 aromatic heterocycles. The topological polar surface area (TPSA) is 119 Å². The van der Waals surface area contributed by atoms with Gasteiger partial charge in [0, 0.05) is 52.5 Å². The number of hydrogen-bond donors (Lipinski definition) is 4. The lowest BCUT2D eigenvalue weighted by Crippen LogP contribution is -2.36. The summed E-state index contributed by atoms with van der Waals surface area (Å²) in [7, 11) is 0. The maximum absolute atomic E-state index is 13.3. The minimum Gasteiger partial charge on any atom is -0.358 e. The van der Waals surface area contributed by atoms with Crippen molar-refractivity contribution in [2.75, 3.05) is 23.7 Å². The van der Waals surface area contributed by atoms with Gasteiger partial charge in [-0.2, -0.15) is 0 Å². The highest BCUT2D eigenvalue weighted by Gasteiger charge is 2.27. The Balaban J connectivity index is 1.11. The number of nitrogens with zero attached hydrogens (tertiary/aromatic N) is 3. The van der Waals surface area contributed by atoms with Gasteiger partial charge in [0.05, 0.1) is 16.8 Å². The summed E-state index contributed by atoms with van der Waals surface area (Å²) < 4.78 is 0. The molecule has 2 aliphatic rings. The molecule has 2 aliphatic heterocycles. The number of fused-ring (bicyclic) bond motifs is 1. The van der Waals surface area contributed by atoms with Gasteiger partial charge in [-0.15, -0.1) is 10.2 Å². The van der Waals surface area contributed by atoms with E-state index in [-0.39, 0.29) is 11.8 Å². The van der Waals surface area contributed by atoms with E-state index in [0.717, 1.165) is 76.6 Å². The second kappa shape index (κ2) is 11.3. The average molecular weight is 584 g/mol. The first kappa shape index (κ1) is 27.4. The van der Waals surface area contributed by atoms with Crippen LogP contribution < -0.4 is 10.6 Å². The lowest BCUT2D eigenvalue weighted by atomic mass is 10.0. The van der Waals surface area contributed by atoms with Gasteiger partial charge in [0.15, 0.2) is 11.6 Å². The molecule has 9 nitrogen and oxygen atoms in total. The van der Waals surface area contributed by atoms with Crippen LogP contribution in [0.1, 0.15) is 52.1 Å². The monoisotopic (exact) mass is 583 g/mol. The Bertz CT molecular complexity index is 1910. The van der Waals surface area contributed by atoms with Crippen molar-refractivity contribution >= 4 is 40.5 Å². The molecule has 3 aromatic carbocycles. The highest BCUT2D eigenvalue weighted by molar-refractivity contribution is 6.35. The summed E-state index contributed by atoms with van der Waals surface area (Å²) in [6.07, 6.45) is 5.11.